The number of aromatic carboxylic acids is 1. The lowest BCUT2D eigenvalue weighted by molar-refractivity contribution is -0.120. The van der Waals surface area contributed by atoms with Crippen LogP contribution in [0.25, 0.3) is 5.65 Å². The predicted molar refractivity (Wildman–Crippen MR) is 125 cm³/mol. The molecule has 1 aromatic carbocycles. The summed E-state index contributed by atoms with van der Waals surface area (Å²) >= 11 is 0. The molecule has 35 heavy (non-hydrogen) atoms. The molecule has 1 aliphatic rings. The van der Waals surface area contributed by atoms with Crippen molar-refractivity contribution in [2.45, 2.75) is 45.7 Å². The Kier molecular flexibility index (Phi) is 6.25. The molecule has 2 atom stereocenters. The first-order chi connectivity index (χ1) is 16.6. The van der Waals surface area contributed by atoms with Crippen LogP contribution in [0.15, 0.2) is 30.5 Å². The maximum Gasteiger partial charge on any atom is 0.335 e. The molecular weight excluding hydrogens is 452 g/mol. The molecule has 4 rings (SSSR count). The number of rotatable bonds is 7. The van der Waals surface area contributed by atoms with Crippen LogP contribution >= 0.6 is 0 Å². The first kappa shape index (κ1) is 23.9. The Labute approximate surface area is 200 Å². The van der Waals surface area contributed by atoms with Crippen LogP contribution in [-0.2, 0) is 11.2 Å². The van der Waals surface area contributed by atoms with Crippen LogP contribution in [0.1, 0.15) is 74.3 Å². The molecule has 0 saturated heterocycles. The van der Waals surface area contributed by atoms with Crippen molar-refractivity contribution in [1.82, 2.24) is 25.2 Å². The Morgan fingerprint density at radius 1 is 1.17 bits per heavy atom. The number of primary amides is 1. The minimum atomic E-state index is -0.988. The van der Waals surface area contributed by atoms with Gasteiger partial charge in [0.05, 0.1) is 17.8 Å². The number of hydrogen-bond acceptors (Lipinski definition) is 6. The molecule has 2 heterocycles. The lowest BCUT2D eigenvalue weighted by Gasteiger charge is -2.19. The maximum absolute atomic E-state index is 13.3. The molecule has 3 aromatic rings. The highest BCUT2D eigenvalue weighted by atomic mass is 16.4. The third-order valence-electron chi connectivity index (χ3n) is 6.31. The second-order valence-electron chi connectivity index (χ2n) is 8.90. The molecule has 5 N–H and O–H groups in total. The summed E-state index contributed by atoms with van der Waals surface area (Å²) < 4.78 is 1.33. The van der Waals surface area contributed by atoms with E-state index in [1.807, 2.05) is 0 Å². The number of carboxylic acid groups (broad SMARTS) is 1. The highest BCUT2D eigenvalue weighted by Gasteiger charge is 2.29. The Balaban J connectivity index is 1.63. The van der Waals surface area contributed by atoms with E-state index in [-0.39, 0.29) is 34.6 Å². The van der Waals surface area contributed by atoms with Crippen molar-refractivity contribution in [1.29, 1.82) is 0 Å². The zero-order valence-electron chi connectivity index (χ0n) is 19.5. The molecule has 0 radical (unpaired) electrons. The Morgan fingerprint density at radius 3 is 2.57 bits per heavy atom. The number of carboxylic acids is 1. The van der Waals surface area contributed by atoms with Gasteiger partial charge < -0.3 is 21.5 Å². The first-order valence-corrected chi connectivity index (χ1v) is 11.2. The lowest BCUT2D eigenvalue weighted by atomic mass is 9.98. The summed E-state index contributed by atoms with van der Waals surface area (Å²) in [5.41, 5.74) is 8.45. The average molecular weight is 479 g/mol. The van der Waals surface area contributed by atoms with E-state index in [9.17, 15) is 24.3 Å². The fourth-order valence-corrected chi connectivity index (χ4v) is 4.47. The number of hydrogen-bond donors (Lipinski definition) is 4. The number of carbonyl (C=O) groups is 4. The third-order valence-corrected chi connectivity index (χ3v) is 6.31. The van der Waals surface area contributed by atoms with Crippen LogP contribution in [0, 0.1) is 12.8 Å². The van der Waals surface area contributed by atoms with Gasteiger partial charge in [-0.05, 0) is 48.4 Å². The summed E-state index contributed by atoms with van der Waals surface area (Å²) in [6.45, 7) is 5.27. The van der Waals surface area contributed by atoms with Crippen molar-refractivity contribution in [2.75, 3.05) is 0 Å². The van der Waals surface area contributed by atoms with Crippen molar-refractivity contribution in [3.8, 4) is 0 Å². The number of nitrogens with one attached hydrogen (secondary N) is 2. The highest BCUT2D eigenvalue weighted by Crippen LogP contribution is 2.34. The molecule has 0 fully saturated rings. The zero-order valence-corrected chi connectivity index (χ0v) is 19.5. The predicted octanol–water partition coefficient (Wildman–Crippen LogP) is 1.39. The number of aromatic nitrogens is 3. The number of fused-ring (bicyclic) bond motifs is 2. The SMILES string of the molecule is Cc1c(C(=O)O)ccc2c1CC[C@@H]2NC(=O)c1cc(C(=O)N[C@H](C(N)=O)C(C)C)nc2ccnn12. The van der Waals surface area contributed by atoms with Gasteiger partial charge in [0.15, 0.2) is 5.65 Å². The van der Waals surface area contributed by atoms with E-state index in [2.05, 4.69) is 20.7 Å². The second-order valence-corrected chi connectivity index (χ2v) is 8.90. The van der Waals surface area contributed by atoms with Crippen molar-refractivity contribution < 1.29 is 24.3 Å². The maximum atomic E-state index is 13.3. The number of nitrogens with two attached hydrogens (primary N) is 1. The Morgan fingerprint density at radius 2 is 1.91 bits per heavy atom. The molecule has 0 unspecified atom stereocenters. The van der Waals surface area contributed by atoms with Crippen molar-refractivity contribution in [3.63, 3.8) is 0 Å². The van der Waals surface area contributed by atoms with Gasteiger partial charge >= 0.3 is 5.97 Å². The monoisotopic (exact) mass is 478 g/mol. The topological polar surface area (TPSA) is 169 Å². The van der Waals surface area contributed by atoms with Crippen LogP contribution in [0.3, 0.4) is 0 Å². The van der Waals surface area contributed by atoms with Gasteiger partial charge in [-0.15, -0.1) is 0 Å². The van der Waals surface area contributed by atoms with Crippen molar-refractivity contribution >= 4 is 29.3 Å². The van der Waals surface area contributed by atoms with Crippen molar-refractivity contribution in [3.05, 3.63) is 64.1 Å². The van der Waals surface area contributed by atoms with Gasteiger partial charge in [0.2, 0.25) is 5.91 Å². The summed E-state index contributed by atoms with van der Waals surface area (Å²) in [5, 5.41) is 19.1. The van der Waals surface area contributed by atoms with E-state index in [0.29, 0.717) is 18.4 Å². The summed E-state index contributed by atoms with van der Waals surface area (Å²) in [5.74, 6) is -2.99. The van der Waals surface area contributed by atoms with Crippen LogP contribution < -0.4 is 16.4 Å². The van der Waals surface area contributed by atoms with E-state index < -0.39 is 29.7 Å². The van der Waals surface area contributed by atoms with Gasteiger partial charge in [-0.3, -0.25) is 14.4 Å². The van der Waals surface area contributed by atoms with Gasteiger partial charge in [-0.25, -0.2) is 14.3 Å². The smallest absolute Gasteiger partial charge is 0.335 e. The molecule has 11 heteroatoms. The standard InChI is InChI=1S/C24H26N6O5/c1-11(2)20(21(25)31)29-22(32)17-10-18(30-19(27-17)8-9-26-30)23(33)28-16-7-6-13-12(3)14(24(34)35)4-5-15(13)16/h4-5,8-11,16,20H,6-7H2,1-3H3,(H2,25,31)(H,28,33)(H,29,32)(H,34,35)/t16-,20-/m0/s1. The molecule has 3 amide bonds. The molecule has 0 saturated carbocycles. The molecule has 11 nitrogen and oxygen atoms in total. The molecular formula is C24H26N6O5. The second kappa shape index (κ2) is 9.16. The van der Waals surface area contributed by atoms with E-state index in [1.165, 1.54) is 16.8 Å². The summed E-state index contributed by atoms with van der Waals surface area (Å²) in [6.07, 6.45) is 2.71. The molecule has 182 valence electrons. The fraction of sp³-hybridized carbons (Fsp3) is 0.333. The molecule has 0 aliphatic heterocycles. The van der Waals surface area contributed by atoms with Gasteiger partial charge in [0.25, 0.3) is 11.8 Å². The van der Waals surface area contributed by atoms with Gasteiger partial charge in [-0.2, -0.15) is 5.10 Å². The normalized spacial score (nSPS) is 15.6. The van der Waals surface area contributed by atoms with E-state index >= 15 is 0 Å². The van der Waals surface area contributed by atoms with Crippen LogP contribution in [0.2, 0.25) is 0 Å². The van der Waals surface area contributed by atoms with Crippen LogP contribution in [-0.4, -0.2) is 49.4 Å². The van der Waals surface area contributed by atoms with E-state index in [0.717, 1.165) is 11.1 Å². The van der Waals surface area contributed by atoms with Crippen molar-refractivity contribution in [2.24, 2.45) is 11.7 Å². The first-order valence-electron chi connectivity index (χ1n) is 11.2. The minimum absolute atomic E-state index is 0.0520. The van der Waals surface area contributed by atoms with Crippen LogP contribution in [0.4, 0.5) is 0 Å². The summed E-state index contributed by atoms with van der Waals surface area (Å²) in [6, 6.07) is 4.94. The minimum Gasteiger partial charge on any atom is -0.478 e. The molecule has 0 spiro atoms. The van der Waals surface area contributed by atoms with Gasteiger partial charge in [-0.1, -0.05) is 19.9 Å². The highest BCUT2D eigenvalue weighted by molar-refractivity contribution is 6.00. The number of amides is 3. The number of nitrogens with zero attached hydrogens (tertiary/aromatic N) is 3. The van der Waals surface area contributed by atoms with E-state index in [4.69, 9.17) is 5.73 Å². The Hall–Kier alpha value is -4.28. The fourth-order valence-electron chi connectivity index (χ4n) is 4.47. The number of benzene rings is 1. The van der Waals surface area contributed by atoms with Crippen LogP contribution in [0.5, 0.6) is 0 Å². The summed E-state index contributed by atoms with van der Waals surface area (Å²) in [7, 11) is 0. The van der Waals surface area contributed by atoms with Gasteiger partial charge in [0.1, 0.15) is 17.4 Å². The summed E-state index contributed by atoms with van der Waals surface area (Å²) in [4.78, 5) is 53.6. The average Bonchev–Trinajstić information content (AvgIpc) is 3.43. The Bertz CT molecular complexity index is 1360. The van der Waals surface area contributed by atoms with Gasteiger partial charge in [0, 0.05) is 12.1 Å². The largest absolute Gasteiger partial charge is 0.478 e. The molecule has 1 aliphatic carbocycles. The number of carbonyl (C=O) groups excluding carboxylic acids is 3. The van der Waals surface area contributed by atoms with E-state index in [1.54, 1.807) is 39.0 Å². The molecule has 2 aromatic heterocycles. The third kappa shape index (κ3) is 4.44. The lowest BCUT2D eigenvalue weighted by Crippen LogP contribution is -2.48. The zero-order chi connectivity index (χ0) is 25.4. The quantitative estimate of drug-likeness (QED) is 0.398. The molecule has 0 bridgehead atoms.